The smallest absolute Gasteiger partial charge is 0.345 e. The van der Waals surface area contributed by atoms with Gasteiger partial charge in [-0.15, -0.1) is 11.3 Å². The van der Waals surface area contributed by atoms with Gasteiger partial charge in [-0.1, -0.05) is 0 Å². The standard InChI is InChI=1S/C10H9N3O3S/c1-2-16-10(15)6-3-11-8(13-9(6)14)7-4-17-5-12-7/h3-5H,2H2,1H3,(H,11,13,14). The van der Waals surface area contributed by atoms with Crippen LogP contribution in [0.2, 0.25) is 0 Å². The summed E-state index contributed by atoms with van der Waals surface area (Å²) in [5.74, 6) is -0.338. The number of aromatic nitrogens is 3. The highest BCUT2D eigenvalue weighted by Gasteiger charge is 2.13. The van der Waals surface area contributed by atoms with Gasteiger partial charge in [0.15, 0.2) is 5.82 Å². The van der Waals surface area contributed by atoms with Crippen molar-refractivity contribution >= 4 is 17.3 Å². The van der Waals surface area contributed by atoms with Gasteiger partial charge in [0.1, 0.15) is 11.3 Å². The first-order valence-corrected chi connectivity index (χ1v) is 5.81. The van der Waals surface area contributed by atoms with Crippen LogP contribution in [0, 0.1) is 0 Å². The molecule has 0 unspecified atom stereocenters. The predicted octanol–water partition coefficient (Wildman–Crippen LogP) is 1.07. The second kappa shape index (κ2) is 4.88. The summed E-state index contributed by atoms with van der Waals surface area (Å²) in [5.41, 5.74) is 1.57. The maximum Gasteiger partial charge on any atom is 0.345 e. The summed E-state index contributed by atoms with van der Waals surface area (Å²) in [6.45, 7) is 1.88. The number of thiazole rings is 1. The minimum absolute atomic E-state index is 0.106. The molecule has 2 aromatic rings. The van der Waals surface area contributed by atoms with E-state index in [0.717, 1.165) is 0 Å². The number of nitrogens with zero attached hydrogens (tertiary/aromatic N) is 2. The van der Waals surface area contributed by atoms with E-state index in [1.807, 2.05) is 0 Å². The number of carbonyl (C=O) groups excluding carboxylic acids is 1. The summed E-state index contributed by atoms with van der Waals surface area (Å²) in [6.07, 6.45) is 1.20. The Labute approximate surface area is 100 Å². The van der Waals surface area contributed by atoms with Crippen molar-refractivity contribution in [3.05, 3.63) is 33.0 Å². The number of ether oxygens (including phenoxy) is 1. The monoisotopic (exact) mass is 251 g/mol. The fourth-order valence-electron chi connectivity index (χ4n) is 1.21. The molecule has 0 aliphatic rings. The Morgan fingerprint density at radius 1 is 1.53 bits per heavy atom. The van der Waals surface area contributed by atoms with Gasteiger partial charge in [-0.2, -0.15) is 0 Å². The predicted molar refractivity (Wildman–Crippen MR) is 61.9 cm³/mol. The highest BCUT2D eigenvalue weighted by molar-refractivity contribution is 7.07. The van der Waals surface area contributed by atoms with Crippen LogP contribution in [0.1, 0.15) is 17.3 Å². The lowest BCUT2D eigenvalue weighted by atomic mass is 10.3. The van der Waals surface area contributed by atoms with E-state index in [9.17, 15) is 9.59 Å². The summed E-state index contributed by atoms with van der Waals surface area (Å²) in [6, 6.07) is 0. The molecule has 0 saturated carbocycles. The van der Waals surface area contributed by atoms with Crippen molar-refractivity contribution in [2.24, 2.45) is 0 Å². The number of aromatic amines is 1. The van der Waals surface area contributed by atoms with Gasteiger partial charge in [0.05, 0.1) is 12.1 Å². The lowest BCUT2D eigenvalue weighted by Crippen LogP contribution is -2.21. The molecule has 6 nitrogen and oxygen atoms in total. The molecule has 0 aliphatic carbocycles. The topological polar surface area (TPSA) is 84.9 Å². The minimum Gasteiger partial charge on any atom is -0.462 e. The number of esters is 1. The normalized spacial score (nSPS) is 10.2. The maximum atomic E-state index is 11.6. The average Bonchev–Trinajstić information content (AvgIpc) is 2.82. The molecule has 7 heteroatoms. The van der Waals surface area contributed by atoms with E-state index in [4.69, 9.17) is 4.74 Å². The van der Waals surface area contributed by atoms with Gasteiger partial charge < -0.3 is 9.72 Å². The second-order valence-corrected chi connectivity index (χ2v) is 3.79. The van der Waals surface area contributed by atoms with E-state index in [0.29, 0.717) is 11.5 Å². The molecule has 0 radical (unpaired) electrons. The molecule has 0 atom stereocenters. The molecule has 0 aliphatic heterocycles. The highest BCUT2D eigenvalue weighted by Crippen LogP contribution is 2.12. The molecule has 2 aromatic heterocycles. The Hall–Kier alpha value is -2.02. The molecule has 0 amide bonds. The zero-order valence-electron chi connectivity index (χ0n) is 8.97. The Morgan fingerprint density at radius 3 is 2.94 bits per heavy atom. The minimum atomic E-state index is -0.675. The molecular formula is C10H9N3O3S. The Morgan fingerprint density at radius 2 is 2.35 bits per heavy atom. The van der Waals surface area contributed by atoms with E-state index < -0.39 is 11.5 Å². The van der Waals surface area contributed by atoms with Crippen LogP contribution in [0.3, 0.4) is 0 Å². The lowest BCUT2D eigenvalue weighted by Gasteiger charge is -2.01. The summed E-state index contributed by atoms with van der Waals surface area (Å²) >= 11 is 1.39. The molecule has 2 rings (SSSR count). The Bertz CT molecular complexity index is 577. The molecule has 0 spiro atoms. The molecule has 0 aromatic carbocycles. The van der Waals surface area contributed by atoms with E-state index in [1.165, 1.54) is 17.5 Å². The van der Waals surface area contributed by atoms with E-state index >= 15 is 0 Å². The number of rotatable bonds is 3. The van der Waals surface area contributed by atoms with Gasteiger partial charge in [0, 0.05) is 11.6 Å². The van der Waals surface area contributed by atoms with Gasteiger partial charge in [-0.25, -0.2) is 14.8 Å². The van der Waals surface area contributed by atoms with E-state index in [2.05, 4.69) is 15.0 Å². The van der Waals surface area contributed by atoms with Gasteiger partial charge in [0.2, 0.25) is 0 Å². The quantitative estimate of drug-likeness (QED) is 0.825. The van der Waals surface area contributed by atoms with Crippen LogP contribution in [0.25, 0.3) is 11.5 Å². The molecule has 0 fully saturated rings. The molecule has 0 saturated heterocycles. The van der Waals surface area contributed by atoms with Crippen molar-refractivity contribution in [3.63, 3.8) is 0 Å². The molecule has 2 heterocycles. The largest absolute Gasteiger partial charge is 0.462 e. The first-order chi connectivity index (χ1) is 8.22. The summed E-state index contributed by atoms with van der Waals surface area (Å²) in [7, 11) is 0. The van der Waals surface area contributed by atoms with Gasteiger partial charge in [-0.3, -0.25) is 4.79 Å². The van der Waals surface area contributed by atoms with Crippen LogP contribution in [0.4, 0.5) is 0 Å². The van der Waals surface area contributed by atoms with Crippen LogP contribution in [0.15, 0.2) is 21.9 Å². The molecule has 0 bridgehead atoms. The Balaban J connectivity index is 2.36. The summed E-state index contributed by atoms with van der Waals surface area (Å²) in [5, 5.41) is 1.75. The Kier molecular flexibility index (Phi) is 3.29. The summed E-state index contributed by atoms with van der Waals surface area (Å²) < 4.78 is 4.73. The van der Waals surface area contributed by atoms with Crippen molar-refractivity contribution in [2.75, 3.05) is 6.61 Å². The van der Waals surface area contributed by atoms with Crippen molar-refractivity contribution in [2.45, 2.75) is 6.92 Å². The summed E-state index contributed by atoms with van der Waals surface area (Å²) in [4.78, 5) is 33.5. The van der Waals surface area contributed by atoms with Crippen LogP contribution in [0.5, 0.6) is 0 Å². The zero-order valence-corrected chi connectivity index (χ0v) is 9.78. The van der Waals surface area contributed by atoms with Crippen LogP contribution in [-0.2, 0) is 4.74 Å². The lowest BCUT2D eigenvalue weighted by molar-refractivity contribution is 0.0524. The molecule has 1 N–H and O–H groups in total. The number of hydrogen-bond donors (Lipinski definition) is 1. The zero-order chi connectivity index (χ0) is 12.3. The van der Waals surface area contributed by atoms with Crippen LogP contribution in [-0.4, -0.2) is 27.5 Å². The number of nitrogens with one attached hydrogen (secondary N) is 1. The van der Waals surface area contributed by atoms with Crippen molar-refractivity contribution in [3.8, 4) is 11.5 Å². The van der Waals surface area contributed by atoms with Crippen molar-refractivity contribution in [1.29, 1.82) is 0 Å². The average molecular weight is 251 g/mol. The van der Waals surface area contributed by atoms with Crippen molar-refractivity contribution in [1.82, 2.24) is 15.0 Å². The van der Waals surface area contributed by atoms with Crippen LogP contribution >= 0.6 is 11.3 Å². The number of carbonyl (C=O) groups is 1. The van der Waals surface area contributed by atoms with E-state index in [-0.39, 0.29) is 12.2 Å². The van der Waals surface area contributed by atoms with Crippen molar-refractivity contribution < 1.29 is 9.53 Å². The molecule has 17 heavy (non-hydrogen) atoms. The SMILES string of the molecule is CCOC(=O)c1cnc(-c2cscn2)[nH]c1=O. The fourth-order valence-corrected chi connectivity index (χ4v) is 1.75. The second-order valence-electron chi connectivity index (χ2n) is 3.07. The molecular weight excluding hydrogens is 242 g/mol. The van der Waals surface area contributed by atoms with Gasteiger partial charge >= 0.3 is 5.97 Å². The highest BCUT2D eigenvalue weighted by atomic mass is 32.1. The molecule has 88 valence electrons. The first kappa shape index (κ1) is 11.5. The first-order valence-electron chi connectivity index (χ1n) is 4.87. The number of H-pyrrole nitrogens is 1. The third kappa shape index (κ3) is 2.39. The third-order valence-corrected chi connectivity index (χ3v) is 2.56. The van der Waals surface area contributed by atoms with Gasteiger partial charge in [-0.05, 0) is 6.92 Å². The third-order valence-electron chi connectivity index (χ3n) is 1.97. The van der Waals surface area contributed by atoms with Gasteiger partial charge in [0.25, 0.3) is 5.56 Å². The van der Waals surface area contributed by atoms with Crippen LogP contribution < -0.4 is 5.56 Å². The fraction of sp³-hybridized carbons (Fsp3) is 0.200. The number of hydrogen-bond acceptors (Lipinski definition) is 6. The van der Waals surface area contributed by atoms with E-state index in [1.54, 1.807) is 17.8 Å². The maximum absolute atomic E-state index is 11.6.